The van der Waals surface area contributed by atoms with Crippen molar-refractivity contribution in [1.29, 1.82) is 0 Å². The number of carboxylic acid groups (broad SMARTS) is 1. The zero-order valence-electron chi connectivity index (χ0n) is 46.6. The Labute approximate surface area is 480 Å². The summed E-state index contributed by atoms with van der Waals surface area (Å²) in [5, 5.41) is 29.4. The van der Waals surface area contributed by atoms with E-state index in [1.165, 1.54) is 12.5 Å². The van der Waals surface area contributed by atoms with Crippen LogP contribution in [-0.4, -0.2) is 141 Å². The highest BCUT2D eigenvalue weighted by Gasteiger charge is 2.35. The standard InChI is InChI=1S/C57H78N16O10/c1-33(2)48(49(60)76)73-56(83)45(27-35-16-7-4-8-17-35)71-52(79)42(21-13-25-64-57(61)62)67-53(80)43(22-23-47(74)75)69-55(82)46(28-36-30-65-40-19-10-9-18-38(36)40)72-51(78)41(20-11-12-24-58)68-54(81)44(26-34-14-5-3-6-15-34)70-50(77)39(59)29-37-31-63-32-66-37/h3-10,14-19,30-33,39,41-46,48,65H,11-13,20-29,58-59H2,1-2H3,(H2,60,76)(H,63,66)(H,67,80)(H,68,81)(H,69,82)(H,70,77)(H,71,79)(H,72,78)(H,73,83)(H,74,75)(H4,61,62,64)/t39-,41-,42-,43-,44-,45-,46-,48-/m0/s1. The number of aliphatic imine (C=N–C) groups is 1. The van der Waals surface area contributed by atoms with Gasteiger partial charge in [0.05, 0.1) is 12.4 Å². The SMILES string of the molecule is CC(C)[C@H](NC(=O)[C@H](Cc1ccccc1)NC(=O)[C@H](CCCN=C(N)N)NC(=O)[C@H](CCC(=O)O)NC(=O)[C@H](Cc1c[nH]c2ccccc12)NC(=O)[C@H](CCCCN)NC(=O)[C@H](Cc1ccccc1)NC(=O)[C@@H](N)Cc1cnc[nH]1)C(N)=O. The summed E-state index contributed by atoms with van der Waals surface area (Å²) in [5.74, 6) is -8.53. The summed E-state index contributed by atoms with van der Waals surface area (Å²) < 4.78 is 0. The summed E-state index contributed by atoms with van der Waals surface area (Å²) in [4.78, 5) is 139. The Morgan fingerprint density at radius 2 is 1.05 bits per heavy atom. The molecule has 83 heavy (non-hydrogen) atoms. The molecule has 0 aliphatic rings. The molecule has 0 radical (unpaired) electrons. The number of para-hydroxylation sites is 1. The number of rotatable bonds is 35. The molecular formula is C57H78N16O10. The number of aromatic nitrogens is 3. The molecular weight excluding hydrogens is 1070 g/mol. The zero-order valence-corrected chi connectivity index (χ0v) is 46.6. The number of carbonyl (C=O) groups excluding carboxylic acids is 8. The number of hydrogen-bond donors (Lipinski definition) is 15. The molecule has 0 aliphatic carbocycles. The number of primary amides is 1. The van der Waals surface area contributed by atoms with Crippen molar-refractivity contribution in [1.82, 2.24) is 52.2 Å². The largest absolute Gasteiger partial charge is 0.481 e. The average molecular weight is 1150 g/mol. The number of aromatic amines is 2. The van der Waals surface area contributed by atoms with Crippen molar-refractivity contribution in [2.75, 3.05) is 13.1 Å². The molecule has 446 valence electrons. The number of aliphatic carboxylic acids is 1. The minimum absolute atomic E-state index is 0.00970. The van der Waals surface area contributed by atoms with Crippen LogP contribution in [0, 0.1) is 5.92 Å². The lowest BCUT2D eigenvalue weighted by Crippen LogP contribution is -2.61. The van der Waals surface area contributed by atoms with Gasteiger partial charge in [-0.25, -0.2) is 4.98 Å². The molecule has 3 aromatic carbocycles. The fourth-order valence-corrected chi connectivity index (χ4v) is 9.10. The first-order chi connectivity index (χ1) is 39.7. The van der Waals surface area contributed by atoms with Crippen LogP contribution < -0.4 is 65.9 Å². The van der Waals surface area contributed by atoms with Gasteiger partial charge in [0.25, 0.3) is 0 Å². The Bertz CT molecular complexity index is 2970. The van der Waals surface area contributed by atoms with Gasteiger partial charge in [-0.15, -0.1) is 0 Å². The van der Waals surface area contributed by atoms with E-state index in [4.69, 9.17) is 28.7 Å². The van der Waals surface area contributed by atoms with Crippen LogP contribution in [0.1, 0.15) is 81.2 Å². The number of hydrogen-bond acceptors (Lipinski definition) is 13. The summed E-state index contributed by atoms with van der Waals surface area (Å²) in [5.41, 5.74) is 32.0. The highest BCUT2D eigenvalue weighted by atomic mass is 16.4. The van der Waals surface area contributed by atoms with Gasteiger partial charge in [-0.1, -0.05) is 92.7 Å². The van der Waals surface area contributed by atoms with Gasteiger partial charge in [0, 0.05) is 67.6 Å². The second-order valence-electron chi connectivity index (χ2n) is 20.5. The number of nitrogens with one attached hydrogen (secondary N) is 9. The summed E-state index contributed by atoms with van der Waals surface area (Å²) in [6, 6.07) is 14.1. The Morgan fingerprint density at radius 3 is 1.55 bits per heavy atom. The smallest absolute Gasteiger partial charge is 0.303 e. The van der Waals surface area contributed by atoms with Crippen LogP contribution in [0.15, 0.2) is 109 Å². The quantitative estimate of drug-likeness (QED) is 0.0132. The van der Waals surface area contributed by atoms with Crippen LogP contribution in [0.4, 0.5) is 0 Å². The third-order valence-electron chi connectivity index (χ3n) is 13.6. The first kappa shape index (κ1) is 64.6. The van der Waals surface area contributed by atoms with E-state index in [1.54, 1.807) is 105 Å². The molecule has 8 atom stereocenters. The predicted octanol–water partition coefficient (Wildman–Crippen LogP) is -0.929. The number of nitrogens with two attached hydrogens (primary N) is 5. The first-order valence-corrected chi connectivity index (χ1v) is 27.5. The summed E-state index contributed by atoms with van der Waals surface area (Å²) in [7, 11) is 0. The van der Waals surface area contributed by atoms with Gasteiger partial charge < -0.3 is 81.0 Å². The number of H-pyrrole nitrogens is 2. The molecule has 26 heteroatoms. The van der Waals surface area contributed by atoms with Crippen molar-refractivity contribution in [3.8, 4) is 0 Å². The summed E-state index contributed by atoms with van der Waals surface area (Å²) in [6.07, 6.45) is 4.14. The molecule has 0 bridgehead atoms. The van der Waals surface area contributed by atoms with Crippen LogP contribution in [0.25, 0.3) is 10.9 Å². The van der Waals surface area contributed by atoms with Crippen molar-refractivity contribution in [3.05, 3.63) is 126 Å². The summed E-state index contributed by atoms with van der Waals surface area (Å²) >= 11 is 0. The lowest BCUT2D eigenvalue weighted by Gasteiger charge is -2.28. The number of imidazole rings is 1. The van der Waals surface area contributed by atoms with Crippen molar-refractivity contribution in [2.45, 2.75) is 133 Å². The lowest BCUT2D eigenvalue weighted by molar-refractivity contribution is -0.138. The zero-order chi connectivity index (χ0) is 60.4. The minimum atomic E-state index is -1.65. The summed E-state index contributed by atoms with van der Waals surface area (Å²) in [6.45, 7) is 3.63. The van der Waals surface area contributed by atoms with Crippen LogP contribution in [0.5, 0.6) is 0 Å². The van der Waals surface area contributed by atoms with Gasteiger partial charge >= 0.3 is 5.97 Å². The minimum Gasteiger partial charge on any atom is -0.481 e. The third-order valence-corrected chi connectivity index (χ3v) is 13.6. The highest BCUT2D eigenvalue weighted by molar-refractivity contribution is 5.98. The van der Waals surface area contributed by atoms with Crippen LogP contribution in [0.3, 0.4) is 0 Å². The molecule has 5 aromatic rings. The van der Waals surface area contributed by atoms with E-state index in [-0.39, 0.29) is 64.0 Å². The maximum absolute atomic E-state index is 14.9. The molecule has 0 saturated heterocycles. The maximum atomic E-state index is 14.9. The van der Waals surface area contributed by atoms with Gasteiger partial charge in [0.1, 0.15) is 42.3 Å². The van der Waals surface area contributed by atoms with Gasteiger partial charge in [0.15, 0.2) is 5.96 Å². The topological polar surface area (TPSA) is 445 Å². The molecule has 26 nitrogen and oxygen atoms in total. The Kier molecular flexibility index (Phi) is 25.6. The van der Waals surface area contributed by atoms with E-state index in [2.05, 4.69) is 57.2 Å². The number of amides is 8. The van der Waals surface area contributed by atoms with E-state index < -0.39 is 120 Å². The molecule has 8 amide bonds. The maximum Gasteiger partial charge on any atom is 0.303 e. The number of nitrogens with zero attached hydrogens (tertiary/aromatic N) is 2. The third kappa shape index (κ3) is 21.3. The fourth-order valence-electron chi connectivity index (χ4n) is 9.10. The van der Waals surface area contributed by atoms with E-state index in [0.717, 1.165) is 0 Å². The van der Waals surface area contributed by atoms with Crippen LogP contribution in [-0.2, 0) is 68.8 Å². The first-order valence-electron chi connectivity index (χ1n) is 27.5. The molecule has 2 aromatic heterocycles. The molecule has 0 fully saturated rings. The highest BCUT2D eigenvalue weighted by Crippen LogP contribution is 2.20. The van der Waals surface area contributed by atoms with E-state index in [9.17, 15) is 48.3 Å². The number of carboxylic acids is 1. The predicted molar refractivity (Wildman–Crippen MR) is 310 cm³/mol. The number of guanidine groups is 1. The van der Waals surface area contributed by atoms with Crippen LogP contribution in [0.2, 0.25) is 0 Å². The molecule has 0 saturated carbocycles. The van der Waals surface area contributed by atoms with Crippen molar-refractivity contribution < 1.29 is 48.3 Å². The van der Waals surface area contributed by atoms with Crippen LogP contribution >= 0.6 is 0 Å². The fraction of sp³-hybridized carbons (Fsp3) is 0.421. The lowest BCUT2D eigenvalue weighted by atomic mass is 10.0. The average Bonchev–Trinajstić information content (AvgIpc) is 4.37. The van der Waals surface area contributed by atoms with Crippen molar-refractivity contribution in [3.63, 3.8) is 0 Å². The molecule has 20 N–H and O–H groups in total. The van der Waals surface area contributed by atoms with E-state index in [0.29, 0.717) is 46.1 Å². The Morgan fingerprint density at radius 1 is 0.566 bits per heavy atom. The van der Waals surface area contributed by atoms with Gasteiger partial charge in [0.2, 0.25) is 47.3 Å². The molecule has 2 heterocycles. The Hall–Kier alpha value is -9.17. The molecule has 0 unspecified atom stereocenters. The molecule has 0 spiro atoms. The van der Waals surface area contributed by atoms with Gasteiger partial charge in [-0.3, -0.25) is 48.1 Å². The molecule has 0 aliphatic heterocycles. The number of benzene rings is 3. The second-order valence-corrected chi connectivity index (χ2v) is 20.5. The van der Waals surface area contributed by atoms with E-state index >= 15 is 0 Å². The van der Waals surface area contributed by atoms with Gasteiger partial charge in [-0.2, -0.15) is 0 Å². The number of fused-ring (bicyclic) bond motifs is 1. The van der Waals surface area contributed by atoms with Crippen molar-refractivity contribution in [2.24, 2.45) is 39.6 Å². The number of unbranched alkanes of at least 4 members (excludes halogenated alkanes) is 1. The van der Waals surface area contributed by atoms with E-state index in [1.807, 2.05) is 0 Å². The molecule has 5 rings (SSSR count). The normalized spacial score (nSPS) is 14.0. The monoisotopic (exact) mass is 1150 g/mol. The second kappa shape index (κ2) is 32.9. The Balaban J connectivity index is 1.45. The number of carbonyl (C=O) groups is 9. The van der Waals surface area contributed by atoms with Crippen molar-refractivity contribution >= 4 is 70.1 Å². The van der Waals surface area contributed by atoms with Gasteiger partial charge in [-0.05, 0) is 73.7 Å².